The fraction of sp³-hybridized carbons (Fsp3) is 0. The van der Waals surface area contributed by atoms with Crippen molar-refractivity contribution in [2.45, 2.75) is 0 Å². The molecular formula is C34H21N9. The van der Waals surface area contributed by atoms with Crippen molar-refractivity contribution in [2.75, 3.05) is 4.90 Å². The maximum absolute atomic E-state index is 5.24. The standard InChI is InChI=1S/C34H21N9/c1-3-11-26(24(9-1)22-7-5-13-35-19-22)43(27-12-4-2-10-25(27)23-8-6-14-36-20-23)28-21-41-33-31-29(37-15-16-39-31)30-32(34(33)42-28)40-18-17-38-30/h1-21H. The van der Waals surface area contributed by atoms with E-state index in [9.17, 15) is 0 Å². The Morgan fingerprint density at radius 1 is 0.395 bits per heavy atom. The molecule has 0 amide bonds. The molecule has 0 fully saturated rings. The normalized spacial score (nSPS) is 11.3. The SMILES string of the molecule is c1cncc(-c2ccccc2N(c2cnc3c4nccnc4c4nccnc4c3n2)c2ccccc2-c2cccnc2)c1. The number of rotatable bonds is 5. The number of hydrogen-bond acceptors (Lipinski definition) is 9. The molecule has 0 aliphatic heterocycles. The lowest BCUT2D eigenvalue weighted by Gasteiger charge is -2.28. The molecule has 0 unspecified atom stereocenters. The molecule has 0 saturated carbocycles. The molecule has 9 nitrogen and oxygen atoms in total. The van der Waals surface area contributed by atoms with Crippen molar-refractivity contribution in [2.24, 2.45) is 0 Å². The van der Waals surface area contributed by atoms with Gasteiger partial charge in [-0.3, -0.25) is 34.8 Å². The molecule has 8 rings (SSSR count). The summed E-state index contributed by atoms with van der Waals surface area (Å²) >= 11 is 0. The van der Waals surface area contributed by atoms with Crippen LogP contribution < -0.4 is 4.90 Å². The van der Waals surface area contributed by atoms with Gasteiger partial charge in [0.25, 0.3) is 0 Å². The highest BCUT2D eigenvalue weighted by molar-refractivity contribution is 6.18. The van der Waals surface area contributed by atoms with E-state index in [4.69, 9.17) is 9.97 Å². The van der Waals surface area contributed by atoms with Gasteiger partial charge in [0.1, 0.15) is 33.1 Å². The summed E-state index contributed by atoms with van der Waals surface area (Å²) in [5.74, 6) is 0.607. The molecule has 0 atom stereocenters. The van der Waals surface area contributed by atoms with Crippen molar-refractivity contribution >= 4 is 50.3 Å². The van der Waals surface area contributed by atoms with Crippen LogP contribution >= 0.6 is 0 Å². The number of hydrogen-bond donors (Lipinski definition) is 0. The summed E-state index contributed by atoms with van der Waals surface area (Å²) in [6, 6.07) is 24.4. The second-order valence-corrected chi connectivity index (χ2v) is 9.79. The van der Waals surface area contributed by atoms with E-state index in [0.29, 0.717) is 38.9 Å². The molecular weight excluding hydrogens is 534 g/mol. The van der Waals surface area contributed by atoms with Gasteiger partial charge in [0.15, 0.2) is 5.82 Å². The van der Waals surface area contributed by atoms with Crippen LogP contribution in [0.4, 0.5) is 17.2 Å². The number of para-hydroxylation sites is 2. The van der Waals surface area contributed by atoms with Crippen molar-refractivity contribution in [3.8, 4) is 22.3 Å². The average Bonchev–Trinajstić information content (AvgIpc) is 3.10. The first-order valence-corrected chi connectivity index (χ1v) is 13.7. The van der Waals surface area contributed by atoms with E-state index in [1.807, 2.05) is 48.8 Å². The molecule has 43 heavy (non-hydrogen) atoms. The Bertz CT molecular complexity index is 2140. The molecule has 8 aromatic rings. The van der Waals surface area contributed by atoms with Crippen molar-refractivity contribution in [1.82, 2.24) is 39.9 Å². The molecule has 5 aromatic heterocycles. The summed E-state index contributed by atoms with van der Waals surface area (Å²) < 4.78 is 0. The van der Waals surface area contributed by atoms with E-state index < -0.39 is 0 Å². The Morgan fingerprint density at radius 3 is 1.35 bits per heavy atom. The van der Waals surface area contributed by atoms with Crippen LogP contribution in [0.3, 0.4) is 0 Å². The van der Waals surface area contributed by atoms with Crippen LogP contribution in [-0.2, 0) is 0 Å². The highest BCUT2D eigenvalue weighted by Gasteiger charge is 2.23. The monoisotopic (exact) mass is 555 g/mol. The smallest absolute Gasteiger partial charge is 0.157 e. The van der Waals surface area contributed by atoms with Crippen LogP contribution in [0.5, 0.6) is 0 Å². The largest absolute Gasteiger partial charge is 0.292 e. The maximum atomic E-state index is 5.24. The molecule has 0 aliphatic rings. The van der Waals surface area contributed by atoms with Gasteiger partial charge in [-0.25, -0.2) is 9.97 Å². The average molecular weight is 556 g/mol. The molecule has 9 heteroatoms. The van der Waals surface area contributed by atoms with Gasteiger partial charge in [-0.15, -0.1) is 0 Å². The van der Waals surface area contributed by atoms with E-state index in [2.05, 4.69) is 71.2 Å². The second-order valence-electron chi connectivity index (χ2n) is 9.79. The van der Waals surface area contributed by atoms with Crippen molar-refractivity contribution in [3.05, 3.63) is 129 Å². The fourth-order valence-corrected chi connectivity index (χ4v) is 5.44. The number of fused-ring (bicyclic) bond motifs is 6. The van der Waals surface area contributed by atoms with Crippen LogP contribution in [0.15, 0.2) is 129 Å². The minimum absolute atomic E-state index is 0.594. The zero-order chi connectivity index (χ0) is 28.6. The van der Waals surface area contributed by atoms with E-state index >= 15 is 0 Å². The highest BCUT2D eigenvalue weighted by Crippen LogP contribution is 2.44. The minimum atomic E-state index is 0.594. The van der Waals surface area contributed by atoms with E-state index in [1.54, 1.807) is 43.4 Å². The van der Waals surface area contributed by atoms with Crippen molar-refractivity contribution in [1.29, 1.82) is 0 Å². The summed E-state index contributed by atoms with van der Waals surface area (Å²) in [6.45, 7) is 0. The van der Waals surface area contributed by atoms with Gasteiger partial charge in [0.05, 0.1) is 17.6 Å². The number of anilines is 3. The van der Waals surface area contributed by atoms with Crippen molar-refractivity contribution < 1.29 is 0 Å². The van der Waals surface area contributed by atoms with E-state index in [0.717, 1.165) is 33.6 Å². The van der Waals surface area contributed by atoms with Crippen LogP contribution in [0.1, 0.15) is 0 Å². The Hall–Kier alpha value is -6.22. The number of benzene rings is 3. The summed E-state index contributed by atoms with van der Waals surface area (Å²) in [4.78, 5) is 39.5. The summed E-state index contributed by atoms with van der Waals surface area (Å²) in [5.41, 5.74) is 9.48. The van der Waals surface area contributed by atoms with Crippen LogP contribution in [0.25, 0.3) is 55.4 Å². The van der Waals surface area contributed by atoms with Gasteiger partial charge >= 0.3 is 0 Å². The molecule has 3 aromatic carbocycles. The first-order valence-electron chi connectivity index (χ1n) is 13.7. The molecule has 0 aliphatic carbocycles. The summed E-state index contributed by atoms with van der Waals surface area (Å²) in [5, 5.41) is 0. The molecule has 0 saturated heterocycles. The molecule has 0 N–H and O–H groups in total. The second kappa shape index (κ2) is 10.3. The lowest BCUT2D eigenvalue weighted by Crippen LogP contribution is -2.14. The third-order valence-electron chi connectivity index (χ3n) is 7.29. The topological polar surface area (TPSA) is 106 Å². The lowest BCUT2D eigenvalue weighted by atomic mass is 10.0. The van der Waals surface area contributed by atoms with Crippen LogP contribution in [-0.4, -0.2) is 39.9 Å². The highest BCUT2D eigenvalue weighted by atomic mass is 15.2. The van der Waals surface area contributed by atoms with E-state index in [-0.39, 0.29) is 0 Å². The van der Waals surface area contributed by atoms with Crippen LogP contribution in [0, 0.1) is 0 Å². The maximum Gasteiger partial charge on any atom is 0.157 e. The van der Waals surface area contributed by atoms with Gasteiger partial charge in [-0.1, -0.05) is 48.5 Å². The summed E-state index contributed by atoms with van der Waals surface area (Å²) in [7, 11) is 0. The van der Waals surface area contributed by atoms with Gasteiger partial charge < -0.3 is 0 Å². The predicted molar refractivity (Wildman–Crippen MR) is 167 cm³/mol. The Morgan fingerprint density at radius 2 is 0.860 bits per heavy atom. The minimum Gasteiger partial charge on any atom is -0.292 e. The Balaban J connectivity index is 1.45. The molecule has 0 spiro atoms. The Labute approximate surface area is 245 Å². The number of nitrogens with zero attached hydrogens (tertiary/aromatic N) is 9. The zero-order valence-electron chi connectivity index (χ0n) is 22.6. The van der Waals surface area contributed by atoms with Gasteiger partial charge in [-0.05, 0) is 24.3 Å². The third-order valence-corrected chi connectivity index (χ3v) is 7.29. The molecule has 5 heterocycles. The van der Waals surface area contributed by atoms with Gasteiger partial charge in [0.2, 0.25) is 0 Å². The fourth-order valence-electron chi connectivity index (χ4n) is 5.44. The molecule has 0 bridgehead atoms. The van der Waals surface area contributed by atoms with Gasteiger partial charge in [0, 0.05) is 71.8 Å². The first kappa shape index (κ1) is 24.6. The quantitative estimate of drug-likeness (QED) is 0.205. The number of aromatic nitrogens is 8. The molecule has 202 valence electrons. The van der Waals surface area contributed by atoms with Crippen LogP contribution in [0.2, 0.25) is 0 Å². The van der Waals surface area contributed by atoms with Gasteiger partial charge in [-0.2, -0.15) is 0 Å². The summed E-state index contributed by atoms with van der Waals surface area (Å²) in [6.07, 6.45) is 15.7. The van der Waals surface area contributed by atoms with E-state index in [1.165, 1.54) is 0 Å². The Kier molecular flexibility index (Phi) is 5.89. The third kappa shape index (κ3) is 4.18. The lowest BCUT2D eigenvalue weighted by molar-refractivity contribution is 1.17. The predicted octanol–water partition coefficient (Wildman–Crippen LogP) is 7.11. The first-order chi connectivity index (χ1) is 21.4. The number of pyridine rings is 2. The zero-order valence-corrected chi connectivity index (χ0v) is 22.6. The molecule has 0 radical (unpaired) electrons. The van der Waals surface area contributed by atoms with Crippen molar-refractivity contribution in [3.63, 3.8) is 0 Å².